The van der Waals surface area contributed by atoms with Crippen LogP contribution in [-0.2, 0) is 17.8 Å². The number of aromatic nitrogens is 3. The summed E-state index contributed by atoms with van der Waals surface area (Å²) in [6.45, 7) is 5.29. The molecular formula is C23H29ClN6O2. The predicted octanol–water partition coefficient (Wildman–Crippen LogP) is 2.50. The predicted molar refractivity (Wildman–Crippen MR) is 127 cm³/mol. The van der Waals surface area contributed by atoms with Crippen molar-refractivity contribution in [3.63, 3.8) is 0 Å². The van der Waals surface area contributed by atoms with E-state index in [4.69, 9.17) is 10.5 Å². The summed E-state index contributed by atoms with van der Waals surface area (Å²) in [6.07, 6.45) is 3.42. The summed E-state index contributed by atoms with van der Waals surface area (Å²) in [7, 11) is 0. The maximum Gasteiger partial charge on any atom is 0.278 e. The summed E-state index contributed by atoms with van der Waals surface area (Å²) in [5.74, 6) is 0.740. The van der Waals surface area contributed by atoms with Gasteiger partial charge in [0.2, 0.25) is 0 Å². The molecule has 0 aliphatic carbocycles. The molecule has 3 heterocycles. The van der Waals surface area contributed by atoms with Crippen LogP contribution in [0.25, 0.3) is 11.0 Å². The van der Waals surface area contributed by atoms with Crippen LogP contribution in [0.2, 0.25) is 0 Å². The number of nitrogens with two attached hydrogens (primary N) is 1. The van der Waals surface area contributed by atoms with E-state index in [0.29, 0.717) is 49.4 Å². The molecule has 1 fully saturated rings. The molecule has 0 bridgehead atoms. The number of piperidine rings is 1. The van der Waals surface area contributed by atoms with Crippen LogP contribution < -0.4 is 16.2 Å². The van der Waals surface area contributed by atoms with Crippen LogP contribution in [0.15, 0.2) is 41.5 Å². The normalized spacial score (nSPS) is 16.0. The van der Waals surface area contributed by atoms with Crippen molar-refractivity contribution in [1.29, 1.82) is 5.26 Å². The number of nitriles is 1. The highest BCUT2D eigenvalue weighted by molar-refractivity contribution is 5.89. The largest absolute Gasteiger partial charge is 0.380 e. The zero-order chi connectivity index (χ0) is 21.8. The van der Waals surface area contributed by atoms with Crippen molar-refractivity contribution in [2.75, 3.05) is 31.2 Å². The summed E-state index contributed by atoms with van der Waals surface area (Å²) >= 11 is 0. The summed E-state index contributed by atoms with van der Waals surface area (Å²) in [6, 6.07) is 12.3. The van der Waals surface area contributed by atoms with Gasteiger partial charge in [0.1, 0.15) is 28.5 Å². The Morgan fingerprint density at radius 1 is 1.31 bits per heavy atom. The van der Waals surface area contributed by atoms with Gasteiger partial charge >= 0.3 is 0 Å². The lowest BCUT2D eigenvalue weighted by Crippen LogP contribution is -2.44. The lowest BCUT2D eigenvalue weighted by Gasteiger charge is -2.33. The topological polar surface area (TPSA) is 102 Å². The Kier molecular flexibility index (Phi) is 7.91. The maximum absolute atomic E-state index is 13.5. The minimum atomic E-state index is -0.162. The number of fused-ring (bicyclic) bond motifs is 1. The van der Waals surface area contributed by atoms with Crippen LogP contribution >= 0.6 is 12.4 Å². The van der Waals surface area contributed by atoms with Gasteiger partial charge in [0, 0.05) is 32.3 Å². The van der Waals surface area contributed by atoms with Gasteiger partial charge in [-0.05, 0) is 25.3 Å². The first kappa shape index (κ1) is 23.8. The van der Waals surface area contributed by atoms with Gasteiger partial charge in [0.15, 0.2) is 0 Å². The number of anilines is 1. The SMILES string of the molecule is CCOCCn1cnc2c(C#N)c(N3CCC[C@H](N)C3)n(Cc3ccccc3)c2c1=O.Cl. The van der Waals surface area contributed by atoms with Gasteiger partial charge in [-0.2, -0.15) is 5.26 Å². The smallest absolute Gasteiger partial charge is 0.278 e. The number of hydrogen-bond donors (Lipinski definition) is 1. The molecule has 170 valence electrons. The van der Waals surface area contributed by atoms with Crippen molar-refractivity contribution >= 4 is 29.3 Å². The van der Waals surface area contributed by atoms with Crippen LogP contribution in [0.1, 0.15) is 30.9 Å². The zero-order valence-electron chi connectivity index (χ0n) is 18.2. The molecule has 1 aliphatic heterocycles. The Hall–Kier alpha value is -2.86. The van der Waals surface area contributed by atoms with Crippen LogP contribution in [-0.4, -0.2) is 46.5 Å². The van der Waals surface area contributed by atoms with E-state index < -0.39 is 0 Å². The van der Waals surface area contributed by atoms with E-state index >= 15 is 0 Å². The number of halogens is 1. The lowest BCUT2D eigenvalue weighted by atomic mass is 10.1. The summed E-state index contributed by atoms with van der Waals surface area (Å²) in [5.41, 5.74) is 8.47. The van der Waals surface area contributed by atoms with E-state index in [0.717, 1.165) is 30.8 Å². The van der Waals surface area contributed by atoms with Crippen molar-refractivity contribution in [1.82, 2.24) is 14.1 Å². The molecule has 4 rings (SSSR count). The Morgan fingerprint density at radius 3 is 2.78 bits per heavy atom. The molecule has 2 N–H and O–H groups in total. The van der Waals surface area contributed by atoms with E-state index in [1.54, 1.807) is 4.57 Å². The van der Waals surface area contributed by atoms with Gasteiger partial charge < -0.3 is 19.9 Å². The second-order valence-corrected chi connectivity index (χ2v) is 7.87. The molecule has 8 nitrogen and oxygen atoms in total. The van der Waals surface area contributed by atoms with Crippen molar-refractivity contribution < 1.29 is 4.74 Å². The standard InChI is InChI=1S/C23H28N6O2.ClH/c1-2-31-12-11-28-16-26-20-19(13-24)22(27-10-6-9-18(25)15-27)29(21(20)23(28)30)14-17-7-4-3-5-8-17;/h3-5,7-8,16,18H,2,6,9-12,14-15,25H2,1H3;1H/t18-;/m0./s1. The second-order valence-electron chi connectivity index (χ2n) is 7.87. The molecular weight excluding hydrogens is 428 g/mol. The number of nitrogens with zero attached hydrogens (tertiary/aromatic N) is 5. The van der Waals surface area contributed by atoms with Crippen LogP contribution in [0, 0.1) is 11.3 Å². The zero-order valence-corrected chi connectivity index (χ0v) is 19.1. The molecule has 1 aromatic carbocycles. The molecule has 0 radical (unpaired) electrons. The van der Waals surface area contributed by atoms with E-state index in [1.165, 1.54) is 6.33 Å². The Bertz CT molecular complexity index is 1150. The fourth-order valence-electron chi connectivity index (χ4n) is 4.27. The monoisotopic (exact) mass is 456 g/mol. The van der Waals surface area contributed by atoms with Gasteiger partial charge in [-0.1, -0.05) is 30.3 Å². The molecule has 0 spiro atoms. The third kappa shape index (κ3) is 4.65. The van der Waals surface area contributed by atoms with Crippen molar-refractivity contribution in [2.45, 2.75) is 38.9 Å². The van der Waals surface area contributed by atoms with Crippen LogP contribution in [0.5, 0.6) is 0 Å². The fourth-order valence-corrected chi connectivity index (χ4v) is 4.27. The number of ether oxygens (including phenoxy) is 1. The second kappa shape index (κ2) is 10.6. The molecule has 2 aromatic heterocycles. The van der Waals surface area contributed by atoms with E-state index in [1.807, 2.05) is 41.8 Å². The van der Waals surface area contributed by atoms with Gasteiger partial charge in [-0.15, -0.1) is 12.4 Å². The van der Waals surface area contributed by atoms with Crippen molar-refractivity contribution in [3.8, 4) is 6.07 Å². The quantitative estimate of drug-likeness (QED) is 0.548. The average Bonchev–Trinajstić information content (AvgIpc) is 3.10. The lowest BCUT2D eigenvalue weighted by molar-refractivity contribution is 0.138. The minimum Gasteiger partial charge on any atom is -0.380 e. The molecule has 1 saturated heterocycles. The summed E-state index contributed by atoms with van der Waals surface area (Å²) in [5, 5.41) is 10.0. The number of hydrogen-bond acceptors (Lipinski definition) is 6. The highest BCUT2D eigenvalue weighted by Crippen LogP contribution is 2.32. The Labute approximate surface area is 193 Å². The maximum atomic E-state index is 13.5. The molecule has 3 aromatic rings. The molecule has 1 aliphatic rings. The molecule has 0 amide bonds. The van der Waals surface area contributed by atoms with Crippen molar-refractivity contribution in [3.05, 3.63) is 58.1 Å². The fraction of sp³-hybridized carbons (Fsp3) is 0.435. The molecule has 1 atom stereocenters. The third-order valence-corrected chi connectivity index (χ3v) is 5.73. The van der Waals surface area contributed by atoms with Gasteiger partial charge in [0.25, 0.3) is 5.56 Å². The van der Waals surface area contributed by atoms with E-state index in [2.05, 4.69) is 16.0 Å². The first-order chi connectivity index (χ1) is 15.1. The first-order valence-corrected chi connectivity index (χ1v) is 10.8. The van der Waals surface area contributed by atoms with E-state index in [-0.39, 0.29) is 24.0 Å². The molecule has 32 heavy (non-hydrogen) atoms. The van der Waals surface area contributed by atoms with E-state index in [9.17, 15) is 10.1 Å². The Morgan fingerprint density at radius 2 is 2.09 bits per heavy atom. The number of rotatable bonds is 7. The summed E-state index contributed by atoms with van der Waals surface area (Å²) < 4.78 is 8.93. The first-order valence-electron chi connectivity index (χ1n) is 10.8. The van der Waals surface area contributed by atoms with Crippen LogP contribution in [0.3, 0.4) is 0 Å². The highest BCUT2D eigenvalue weighted by atomic mass is 35.5. The molecule has 0 saturated carbocycles. The molecule has 0 unspecified atom stereocenters. The van der Waals surface area contributed by atoms with Gasteiger partial charge in [0.05, 0.1) is 19.5 Å². The van der Waals surface area contributed by atoms with Crippen molar-refractivity contribution in [2.24, 2.45) is 5.73 Å². The number of benzene rings is 1. The van der Waals surface area contributed by atoms with Crippen LogP contribution in [0.4, 0.5) is 5.82 Å². The highest BCUT2D eigenvalue weighted by Gasteiger charge is 2.28. The summed E-state index contributed by atoms with van der Waals surface area (Å²) in [4.78, 5) is 20.1. The van der Waals surface area contributed by atoms with Gasteiger partial charge in [-0.25, -0.2) is 4.98 Å². The average molecular weight is 457 g/mol. The third-order valence-electron chi connectivity index (χ3n) is 5.73. The van der Waals surface area contributed by atoms with Gasteiger partial charge in [-0.3, -0.25) is 9.36 Å². The Balaban J connectivity index is 0.00000289. The minimum absolute atomic E-state index is 0. The molecule has 9 heteroatoms.